The number of ether oxygens (including phenoxy) is 1. The van der Waals surface area contributed by atoms with Gasteiger partial charge in [-0.1, -0.05) is 0 Å². The second kappa shape index (κ2) is 6.43. The normalized spacial score (nSPS) is 20.2. The maximum absolute atomic E-state index is 12.9. The van der Waals surface area contributed by atoms with Crippen LogP contribution >= 0.6 is 0 Å². The molecule has 0 spiro atoms. The molecule has 128 valence electrons. The van der Waals surface area contributed by atoms with Crippen LogP contribution in [-0.4, -0.2) is 40.3 Å². The minimum absolute atomic E-state index is 0.00160. The van der Waals surface area contributed by atoms with E-state index in [1.165, 1.54) is 30.9 Å². The molecule has 1 saturated carbocycles. The van der Waals surface area contributed by atoms with Gasteiger partial charge in [-0.15, -0.1) is 0 Å². The molecule has 1 unspecified atom stereocenters. The fourth-order valence-electron chi connectivity index (χ4n) is 3.44. The summed E-state index contributed by atoms with van der Waals surface area (Å²) in [5, 5.41) is 4.60. The van der Waals surface area contributed by atoms with Gasteiger partial charge in [0, 0.05) is 19.7 Å². The first-order chi connectivity index (χ1) is 11.8. The number of aromatic nitrogens is 2. The van der Waals surface area contributed by atoms with E-state index in [1.807, 2.05) is 18.0 Å². The fourth-order valence-corrected chi connectivity index (χ4v) is 3.44. The number of hydrogen-bond donors (Lipinski definition) is 0. The summed E-state index contributed by atoms with van der Waals surface area (Å²) in [5.74, 6) is 0.736. The van der Waals surface area contributed by atoms with Crippen LogP contribution in [0.4, 0.5) is 0 Å². The molecule has 1 atom stereocenters. The van der Waals surface area contributed by atoms with Crippen LogP contribution in [0.15, 0.2) is 29.2 Å². The lowest BCUT2D eigenvalue weighted by molar-refractivity contribution is 0.0397. The molecule has 1 amide bonds. The lowest BCUT2D eigenvalue weighted by Crippen LogP contribution is -2.42. The standard InChI is InChI=1S/C18H23N3O3/c1-2-23-12-16-17-14(9-19-21(17)10-13-3-4-13)5-7-20(16)18(22)15-6-8-24-11-15/h6,8-9,11,13,16H,2-5,7,10,12H2,1H3. The summed E-state index contributed by atoms with van der Waals surface area (Å²) in [6, 6.07) is 1.63. The zero-order valence-electron chi connectivity index (χ0n) is 14.0. The van der Waals surface area contributed by atoms with Crippen LogP contribution in [0.1, 0.15) is 47.4 Å². The maximum atomic E-state index is 12.9. The number of furan rings is 1. The highest BCUT2D eigenvalue weighted by atomic mass is 16.5. The molecule has 6 nitrogen and oxygen atoms in total. The van der Waals surface area contributed by atoms with Gasteiger partial charge in [-0.2, -0.15) is 5.10 Å². The first-order valence-corrected chi connectivity index (χ1v) is 8.73. The van der Waals surface area contributed by atoms with Crippen LogP contribution in [-0.2, 0) is 17.7 Å². The van der Waals surface area contributed by atoms with Crippen molar-refractivity contribution in [3.63, 3.8) is 0 Å². The minimum Gasteiger partial charge on any atom is -0.472 e. The highest BCUT2D eigenvalue weighted by molar-refractivity contribution is 5.94. The molecule has 4 rings (SSSR count). The number of carbonyl (C=O) groups is 1. The van der Waals surface area contributed by atoms with Gasteiger partial charge in [0.05, 0.1) is 36.4 Å². The molecule has 0 N–H and O–H groups in total. The predicted molar refractivity (Wildman–Crippen MR) is 87.6 cm³/mol. The molecule has 24 heavy (non-hydrogen) atoms. The zero-order valence-corrected chi connectivity index (χ0v) is 14.0. The third-order valence-electron chi connectivity index (χ3n) is 4.91. The molecule has 6 heteroatoms. The Labute approximate surface area is 141 Å². The third-order valence-corrected chi connectivity index (χ3v) is 4.91. The Morgan fingerprint density at radius 1 is 1.46 bits per heavy atom. The van der Waals surface area contributed by atoms with E-state index >= 15 is 0 Å². The number of fused-ring (bicyclic) bond motifs is 1. The van der Waals surface area contributed by atoms with Crippen molar-refractivity contribution in [3.8, 4) is 0 Å². The van der Waals surface area contributed by atoms with Gasteiger partial charge in [0.1, 0.15) is 6.26 Å². The lowest BCUT2D eigenvalue weighted by Gasteiger charge is -2.36. The molecule has 0 bridgehead atoms. The van der Waals surface area contributed by atoms with E-state index in [0.29, 0.717) is 25.3 Å². The fraction of sp³-hybridized carbons (Fsp3) is 0.556. The van der Waals surface area contributed by atoms with E-state index in [9.17, 15) is 4.79 Å². The first-order valence-electron chi connectivity index (χ1n) is 8.73. The first kappa shape index (κ1) is 15.4. The van der Waals surface area contributed by atoms with Gasteiger partial charge in [0.25, 0.3) is 5.91 Å². The van der Waals surface area contributed by atoms with Crippen LogP contribution in [0.5, 0.6) is 0 Å². The molecule has 2 aromatic rings. The number of carbonyl (C=O) groups excluding carboxylic acids is 1. The van der Waals surface area contributed by atoms with Crippen molar-refractivity contribution in [2.45, 2.75) is 38.8 Å². The summed E-state index contributed by atoms with van der Waals surface area (Å²) < 4.78 is 12.9. The summed E-state index contributed by atoms with van der Waals surface area (Å²) in [4.78, 5) is 14.8. The Balaban J connectivity index is 1.65. The highest BCUT2D eigenvalue weighted by Gasteiger charge is 2.36. The van der Waals surface area contributed by atoms with Crippen molar-refractivity contribution in [2.24, 2.45) is 5.92 Å². The summed E-state index contributed by atoms with van der Waals surface area (Å²) in [5.41, 5.74) is 2.99. The molecule has 1 aliphatic heterocycles. The Morgan fingerprint density at radius 3 is 3.04 bits per heavy atom. The second-order valence-corrected chi connectivity index (χ2v) is 6.62. The average Bonchev–Trinajstić information content (AvgIpc) is 3.09. The van der Waals surface area contributed by atoms with E-state index in [0.717, 1.165) is 24.6 Å². The smallest absolute Gasteiger partial charge is 0.257 e. The molecule has 0 aromatic carbocycles. The van der Waals surface area contributed by atoms with E-state index < -0.39 is 0 Å². The highest BCUT2D eigenvalue weighted by Crippen LogP contribution is 2.35. The molecule has 3 heterocycles. The lowest BCUT2D eigenvalue weighted by atomic mass is 9.99. The van der Waals surface area contributed by atoms with Crippen LogP contribution in [0.3, 0.4) is 0 Å². The van der Waals surface area contributed by atoms with Gasteiger partial charge < -0.3 is 14.1 Å². The van der Waals surface area contributed by atoms with Gasteiger partial charge in [-0.3, -0.25) is 9.48 Å². The van der Waals surface area contributed by atoms with Gasteiger partial charge in [-0.25, -0.2) is 0 Å². The summed E-state index contributed by atoms with van der Waals surface area (Å²) in [6.07, 6.45) is 8.42. The monoisotopic (exact) mass is 329 g/mol. The zero-order chi connectivity index (χ0) is 16.5. The molecule has 0 radical (unpaired) electrons. The van der Waals surface area contributed by atoms with E-state index in [1.54, 1.807) is 6.07 Å². The number of rotatable bonds is 6. The molecule has 1 aliphatic carbocycles. The quantitative estimate of drug-likeness (QED) is 0.817. The van der Waals surface area contributed by atoms with E-state index in [2.05, 4.69) is 9.78 Å². The number of nitrogens with zero attached hydrogens (tertiary/aromatic N) is 3. The topological polar surface area (TPSA) is 60.5 Å². The van der Waals surface area contributed by atoms with E-state index in [-0.39, 0.29) is 11.9 Å². The molecule has 2 aliphatic rings. The van der Waals surface area contributed by atoms with Crippen molar-refractivity contribution in [1.82, 2.24) is 14.7 Å². The van der Waals surface area contributed by atoms with Gasteiger partial charge in [-0.05, 0) is 43.7 Å². The van der Waals surface area contributed by atoms with Crippen LogP contribution in [0, 0.1) is 5.92 Å². The molecule has 2 aromatic heterocycles. The van der Waals surface area contributed by atoms with Crippen LogP contribution in [0.25, 0.3) is 0 Å². The SMILES string of the molecule is CCOCC1c2c(cnn2CC2CC2)CCN1C(=O)c1ccoc1. The van der Waals surface area contributed by atoms with Crippen molar-refractivity contribution in [1.29, 1.82) is 0 Å². The van der Waals surface area contributed by atoms with Crippen molar-refractivity contribution < 1.29 is 13.9 Å². The van der Waals surface area contributed by atoms with E-state index in [4.69, 9.17) is 9.15 Å². The Bertz CT molecular complexity index is 703. The van der Waals surface area contributed by atoms with Crippen molar-refractivity contribution in [2.75, 3.05) is 19.8 Å². The number of amides is 1. The largest absolute Gasteiger partial charge is 0.472 e. The molecular formula is C18H23N3O3. The summed E-state index contributed by atoms with van der Waals surface area (Å²) in [6.45, 7) is 4.75. The molecule has 1 fully saturated rings. The average molecular weight is 329 g/mol. The predicted octanol–water partition coefficient (Wildman–Crippen LogP) is 2.66. The molecular weight excluding hydrogens is 306 g/mol. The van der Waals surface area contributed by atoms with Crippen molar-refractivity contribution in [3.05, 3.63) is 41.6 Å². The Morgan fingerprint density at radius 2 is 2.33 bits per heavy atom. The summed E-state index contributed by atoms with van der Waals surface area (Å²) >= 11 is 0. The van der Waals surface area contributed by atoms with Crippen LogP contribution in [0.2, 0.25) is 0 Å². The summed E-state index contributed by atoms with van der Waals surface area (Å²) in [7, 11) is 0. The Hall–Kier alpha value is -2.08. The van der Waals surface area contributed by atoms with Gasteiger partial charge in [0.15, 0.2) is 0 Å². The Kier molecular flexibility index (Phi) is 4.14. The number of hydrogen-bond acceptors (Lipinski definition) is 4. The van der Waals surface area contributed by atoms with Gasteiger partial charge in [0.2, 0.25) is 0 Å². The maximum Gasteiger partial charge on any atom is 0.257 e. The van der Waals surface area contributed by atoms with Crippen LogP contribution < -0.4 is 0 Å². The van der Waals surface area contributed by atoms with Crippen molar-refractivity contribution >= 4 is 5.91 Å². The second-order valence-electron chi connectivity index (χ2n) is 6.62. The third kappa shape index (κ3) is 2.86. The minimum atomic E-state index is -0.0858. The van der Waals surface area contributed by atoms with Gasteiger partial charge >= 0.3 is 0 Å². The molecule has 0 saturated heterocycles.